The Morgan fingerprint density at radius 3 is 2.20 bits per heavy atom. The highest BCUT2D eigenvalue weighted by molar-refractivity contribution is 6.24. The molecule has 1 aliphatic heterocycles. The largest absolute Gasteiger partial charge is 0.402 e. The zero-order chi connectivity index (χ0) is 20.2. The second-order valence-electron chi connectivity index (χ2n) is 7.71. The van der Waals surface area contributed by atoms with Gasteiger partial charge in [-0.1, -0.05) is 72.3 Å². The molecule has 0 atom stereocenters. The Kier molecular flexibility index (Phi) is 3.53. The maximum absolute atomic E-state index is 12.5. The second kappa shape index (κ2) is 6.26. The van der Waals surface area contributed by atoms with Crippen LogP contribution in [0.2, 0.25) is 0 Å². The molecule has 0 aliphatic carbocycles. The molecule has 0 aromatic heterocycles. The monoisotopic (exact) mass is 387 g/mol. The molecule has 3 heteroatoms. The van der Waals surface area contributed by atoms with Crippen LogP contribution in [0.4, 0.5) is 0 Å². The summed E-state index contributed by atoms with van der Waals surface area (Å²) in [5.41, 5.74) is 3.23. The number of aliphatic imine (C=N–C) groups is 1. The van der Waals surface area contributed by atoms with Gasteiger partial charge in [-0.15, -0.1) is 0 Å². The van der Waals surface area contributed by atoms with Gasteiger partial charge in [0.15, 0.2) is 5.70 Å². The van der Waals surface area contributed by atoms with Crippen molar-refractivity contribution in [3.63, 3.8) is 0 Å². The summed E-state index contributed by atoms with van der Waals surface area (Å²) in [4.78, 5) is 17.0. The molecule has 142 valence electrons. The van der Waals surface area contributed by atoms with Crippen molar-refractivity contribution in [3.8, 4) is 0 Å². The number of hydrogen-bond acceptors (Lipinski definition) is 3. The third-order valence-electron chi connectivity index (χ3n) is 5.77. The lowest BCUT2D eigenvalue weighted by atomic mass is 9.92. The molecule has 1 aliphatic rings. The van der Waals surface area contributed by atoms with Crippen molar-refractivity contribution in [3.05, 3.63) is 101 Å². The Labute approximate surface area is 173 Å². The summed E-state index contributed by atoms with van der Waals surface area (Å²) in [7, 11) is 0. The van der Waals surface area contributed by atoms with E-state index < -0.39 is 5.97 Å². The van der Waals surface area contributed by atoms with Crippen molar-refractivity contribution in [1.82, 2.24) is 0 Å². The molecule has 6 rings (SSSR count). The molecule has 0 fully saturated rings. The average Bonchev–Trinajstić information content (AvgIpc) is 3.13. The molecule has 0 unspecified atom stereocenters. The van der Waals surface area contributed by atoms with Crippen LogP contribution in [0, 0.1) is 6.92 Å². The van der Waals surface area contributed by atoms with Gasteiger partial charge < -0.3 is 4.74 Å². The quantitative estimate of drug-likeness (QED) is 0.204. The van der Waals surface area contributed by atoms with Gasteiger partial charge in [-0.05, 0) is 63.0 Å². The summed E-state index contributed by atoms with van der Waals surface area (Å²) < 4.78 is 5.44. The molecule has 5 aromatic carbocycles. The standard InChI is InChI=1S/C27H17NO2/c1-16-5-7-20(8-6-16)26-28-23(27(29)30-26)15-21-12-11-19-10-9-17-3-2-4-18-13-14-22(21)25(19)24(17)18/h2-15H,1H3/b23-15-. The summed E-state index contributed by atoms with van der Waals surface area (Å²) in [6, 6.07) is 26.9. The molecule has 3 nitrogen and oxygen atoms in total. The van der Waals surface area contributed by atoms with Crippen LogP contribution < -0.4 is 0 Å². The number of hydrogen-bond donors (Lipinski definition) is 0. The van der Waals surface area contributed by atoms with Gasteiger partial charge in [0.2, 0.25) is 5.90 Å². The first-order valence-electron chi connectivity index (χ1n) is 9.93. The highest BCUT2D eigenvalue weighted by atomic mass is 16.6. The number of cyclic esters (lactones) is 1. The van der Waals surface area contributed by atoms with Gasteiger partial charge in [-0.2, -0.15) is 0 Å². The van der Waals surface area contributed by atoms with Crippen molar-refractivity contribution in [2.45, 2.75) is 6.92 Å². The van der Waals surface area contributed by atoms with Gasteiger partial charge in [-0.3, -0.25) is 0 Å². The van der Waals surface area contributed by atoms with Crippen LogP contribution in [0.25, 0.3) is 38.4 Å². The van der Waals surface area contributed by atoms with Crippen LogP contribution in [-0.4, -0.2) is 11.9 Å². The summed E-state index contributed by atoms with van der Waals surface area (Å²) in [6.45, 7) is 2.02. The van der Waals surface area contributed by atoms with E-state index in [0.29, 0.717) is 11.6 Å². The molecule has 0 amide bonds. The third kappa shape index (κ3) is 2.52. The third-order valence-corrected chi connectivity index (χ3v) is 5.77. The molecule has 30 heavy (non-hydrogen) atoms. The fourth-order valence-electron chi connectivity index (χ4n) is 4.26. The molecule has 0 saturated carbocycles. The molecule has 5 aromatic rings. The normalized spacial score (nSPS) is 15.4. The lowest BCUT2D eigenvalue weighted by Gasteiger charge is -2.12. The first kappa shape index (κ1) is 16.9. The number of rotatable bonds is 2. The summed E-state index contributed by atoms with van der Waals surface area (Å²) >= 11 is 0. The lowest BCUT2D eigenvalue weighted by Crippen LogP contribution is -2.05. The minimum atomic E-state index is -0.420. The smallest absolute Gasteiger partial charge is 0.363 e. The SMILES string of the molecule is Cc1ccc(C2=N/C(=C\c3ccc4ccc5cccc6ccc3c4c56)C(=O)O2)cc1. The Morgan fingerprint density at radius 2 is 1.43 bits per heavy atom. The first-order chi connectivity index (χ1) is 14.7. The number of esters is 1. The zero-order valence-corrected chi connectivity index (χ0v) is 16.3. The molecule has 1 heterocycles. The molecular formula is C27H17NO2. The zero-order valence-electron chi connectivity index (χ0n) is 16.3. The van der Waals surface area contributed by atoms with Gasteiger partial charge in [0.1, 0.15) is 0 Å². The van der Waals surface area contributed by atoms with Crippen molar-refractivity contribution < 1.29 is 9.53 Å². The van der Waals surface area contributed by atoms with Crippen LogP contribution >= 0.6 is 0 Å². The number of benzene rings is 5. The van der Waals surface area contributed by atoms with Gasteiger partial charge in [0.25, 0.3) is 0 Å². The Hall–Kier alpha value is -3.98. The number of carbonyl (C=O) groups is 1. The maximum atomic E-state index is 12.5. The Bertz CT molecular complexity index is 1510. The molecular weight excluding hydrogens is 370 g/mol. The molecule has 0 bridgehead atoms. The molecule has 0 N–H and O–H groups in total. The molecule has 0 radical (unpaired) electrons. The lowest BCUT2D eigenvalue weighted by molar-refractivity contribution is -0.129. The van der Waals surface area contributed by atoms with Crippen molar-refractivity contribution in [2.24, 2.45) is 4.99 Å². The van der Waals surface area contributed by atoms with E-state index in [1.54, 1.807) is 0 Å². The number of aryl methyl sites for hydroxylation is 1. The second-order valence-corrected chi connectivity index (χ2v) is 7.71. The van der Waals surface area contributed by atoms with E-state index in [1.807, 2.05) is 43.3 Å². The maximum Gasteiger partial charge on any atom is 0.363 e. The number of ether oxygens (including phenoxy) is 1. The van der Waals surface area contributed by atoms with E-state index >= 15 is 0 Å². The van der Waals surface area contributed by atoms with E-state index in [2.05, 4.69) is 53.5 Å². The summed E-state index contributed by atoms with van der Waals surface area (Å²) in [6.07, 6.45) is 1.83. The highest BCUT2D eigenvalue weighted by Crippen LogP contribution is 2.36. The molecule has 0 saturated heterocycles. The Morgan fingerprint density at radius 1 is 0.767 bits per heavy atom. The van der Waals surface area contributed by atoms with E-state index in [-0.39, 0.29) is 0 Å². The topological polar surface area (TPSA) is 38.7 Å². The fraction of sp³-hybridized carbons (Fsp3) is 0.0370. The minimum Gasteiger partial charge on any atom is -0.402 e. The number of nitrogens with zero attached hydrogens (tertiary/aromatic N) is 1. The summed E-state index contributed by atoms with van der Waals surface area (Å²) in [5.74, 6) is -0.0692. The van der Waals surface area contributed by atoms with E-state index in [0.717, 1.165) is 22.1 Å². The predicted molar refractivity (Wildman–Crippen MR) is 122 cm³/mol. The minimum absolute atomic E-state index is 0.320. The van der Waals surface area contributed by atoms with Crippen LogP contribution in [0.5, 0.6) is 0 Å². The molecule has 0 spiro atoms. The predicted octanol–water partition coefficient (Wildman–Crippen LogP) is 6.24. The van der Waals surface area contributed by atoms with Crippen molar-refractivity contribution in [2.75, 3.05) is 0 Å². The first-order valence-corrected chi connectivity index (χ1v) is 9.93. The van der Waals surface area contributed by atoms with Crippen LogP contribution in [0.1, 0.15) is 16.7 Å². The van der Waals surface area contributed by atoms with Crippen LogP contribution in [0.3, 0.4) is 0 Å². The number of carbonyl (C=O) groups excluding carboxylic acids is 1. The van der Waals surface area contributed by atoms with E-state index in [4.69, 9.17) is 4.74 Å². The van der Waals surface area contributed by atoms with Gasteiger partial charge in [-0.25, -0.2) is 9.79 Å². The van der Waals surface area contributed by atoms with Crippen LogP contribution in [0.15, 0.2) is 89.6 Å². The van der Waals surface area contributed by atoms with Crippen molar-refractivity contribution in [1.29, 1.82) is 0 Å². The van der Waals surface area contributed by atoms with Gasteiger partial charge in [0.05, 0.1) is 0 Å². The van der Waals surface area contributed by atoms with Gasteiger partial charge in [0, 0.05) is 5.56 Å². The highest BCUT2D eigenvalue weighted by Gasteiger charge is 2.24. The van der Waals surface area contributed by atoms with Crippen molar-refractivity contribution >= 4 is 50.3 Å². The summed E-state index contributed by atoms with van der Waals surface area (Å²) in [5, 5.41) is 7.20. The van der Waals surface area contributed by atoms with Gasteiger partial charge >= 0.3 is 5.97 Å². The van der Waals surface area contributed by atoms with E-state index in [9.17, 15) is 4.79 Å². The Balaban J connectivity index is 1.53. The van der Waals surface area contributed by atoms with E-state index in [1.165, 1.54) is 26.9 Å². The average molecular weight is 387 g/mol. The fourth-order valence-corrected chi connectivity index (χ4v) is 4.26. The van der Waals surface area contributed by atoms with Crippen LogP contribution in [-0.2, 0) is 9.53 Å².